The highest BCUT2D eigenvalue weighted by Crippen LogP contribution is 2.41. The number of pyridine rings is 1. The van der Waals surface area contributed by atoms with Gasteiger partial charge in [0.2, 0.25) is 0 Å². The minimum absolute atomic E-state index is 0.0120. The summed E-state index contributed by atoms with van der Waals surface area (Å²) in [5.41, 5.74) is -0.763. The minimum Gasteiger partial charge on any atom is -0.394 e. The number of carbonyl (C=O) groups is 1. The molecule has 0 radical (unpaired) electrons. The maximum absolute atomic E-state index is 13.8. The number of aromatic nitrogens is 4. The summed E-state index contributed by atoms with van der Waals surface area (Å²) in [6.07, 6.45) is 0.266. The standard InChI is InChI=1S/C25H25ClF3N5O5S/c1-2-38-23-21(34-10-16(31-32-34)12-6-14(27)19(29)15(28)7-12)22(36)17(11-35)39-25(23)40-18-8-13(26)9-30-20(18)24(37)33-4-3-5-33/h6-10,17,21-23,25,35-36H,2-5,11H2,1H3. The summed E-state index contributed by atoms with van der Waals surface area (Å²) in [5, 5.41) is 29.4. The number of hydrogen-bond acceptors (Lipinski definition) is 9. The summed E-state index contributed by atoms with van der Waals surface area (Å²) in [5.74, 6) is -4.65. The Bertz CT molecular complexity index is 1370. The second-order valence-electron chi connectivity index (χ2n) is 9.23. The Kier molecular flexibility index (Phi) is 8.63. The first-order valence-corrected chi connectivity index (χ1v) is 13.7. The van der Waals surface area contributed by atoms with Crippen LogP contribution in [0.5, 0.6) is 0 Å². The van der Waals surface area contributed by atoms with E-state index in [0.29, 0.717) is 23.0 Å². The van der Waals surface area contributed by atoms with Crippen molar-refractivity contribution in [2.24, 2.45) is 0 Å². The van der Waals surface area contributed by atoms with Gasteiger partial charge in [0.25, 0.3) is 5.91 Å². The van der Waals surface area contributed by atoms with E-state index in [-0.39, 0.29) is 29.5 Å². The van der Waals surface area contributed by atoms with Gasteiger partial charge in [-0.3, -0.25) is 4.79 Å². The van der Waals surface area contributed by atoms with Crippen LogP contribution in [-0.2, 0) is 9.47 Å². The molecule has 40 heavy (non-hydrogen) atoms. The van der Waals surface area contributed by atoms with Crippen LogP contribution in [0.1, 0.15) is 29.9 Å². The highest BCUT2D eigenvalue weighted by Gasteiger charge is 2.48. The summed E-state index contributed by atoms with van der Waals surface area (Å²) < 4.78 is 54.4. The second kappa shape index (κ2) is 12.0. The molecule has 5 atom stereocenters. The molecule has 1 amide bonds. The molecule has 3 aromatic rings. The van der Waals surface area contributed by atoms with Crippen LogP contribution in [0.3, 0.4) is 0 Å². The molecule has 2 fully saturated rings. The molecule has 15 heteroatoms. The average Bonchev–Trinajstić information content (AvgIpc) is 3.37. The van der Waals surface area contributed by atoms with Gasteiger partial charge >= 0.3 is 0 Å². The number of amides is 1. The molecule has 2 aromatic heterocycles. The van der Waals surface area contributed by atoms with Gasteiger partial charge in [0.1, 0.15) is 41.2 Å². The molecule has 0 saturated carbocycles. The molecule has 0 aliphatic carbocycles. The van der Waals surface area contributed by atoms with Crippen molar-refractivity contribution in [3.63, 3.8) is 0 Å². The van der Waals surface area contributed by atoms with Crippen molar-refractivity contribution in [3.05, 3.63) is 58.8 Å². The van der Waals surface area contributed by atoms with Crippen LogP contribution in [-0.4, -0.2) is 91.0 Å². The maximum atomic E-state index is 13.8. The van der Waals surface area contributed by atoms with Crippen LogP contribution < -0.4 is 0 Å². The van der Waals surface area contributed by atoms with E-state index in [1.165, 1.54) is 17.1 Å². The van der Waals surface area contributed by atoms with Crippen LogP contribution in [0.4, 0.5) is 13.2 Å². The largest absolute Gasteiger partial charge is 0.394 e. The lowest BCUT2D eigenvalue weighted by atomic mass is 9.97. The molecule has 0 spiro atoms. The van der Waals surface area contributed by atoms with Crippen molar-refractivity contribution < 1.29 is 37.7 Å². The third-order valence-electron chi connectivity index (χ3n) is 6.69. The summed E-state index contributed by atoms with van der Waals surface area (Å²) in [4.78, 5) is 19.4. The number of aliphatic hydroxyl groups is 2. The van der Waals surface area contributed by atoms with Crippen LogP contribution in [0, 0.1) is 17.5 Å². The van der Waals surface area contributed by atoms with Gasteiger partial charge in [0.15, 0.2) is 17.5 Å². The number of likely N-dealkylation sites (tertiary alicyclic amines) is 1. The van der Waals surface area contributed by atoms with E-state index >= 15 is 0 Å². The SMILES string of the molecule is CCOC1C(Sc2cc(Cl)cnc2C(=O)N2CCC2)OC(CO)C(O)C1n1cc(-c2cc(F)c(F)c(F)c2)nn1. The topological polar surface area (TPSA) is 123 Å². The second-order valence-corrected chi connectivity index (χ2v) is 10.8. The first kappa shape index (κ1) is 28.8. The Morgan fingerprint density at radius 3 is 2.60 bits per heavy atom. The first-order chi connectivity index (χ1) is 19.2. The summed E-state index contributed by atoms with van der Waals surface area (Å²) in [6.45, 7) is 2.61. The number of nitrogens with zero attached hydrogens (tertiary/aromatic N) is 5. The van der Waals surface area contributed by atoms with E-state index in [1.54, 1.807) is 17.9 Å². The summed E-state index contributed by atoms with van der Waals surface area (Å²) in [6, 6.07) is 2.16. The lowest BCUT2D eigenvalue weighted by Crippen LogP contribution is -2.56. The molecule has 5 rings (SSSR count). The van der Waals surface area contributed by atoms with Crippen LogP contribution >= 0.6 is 23.4 Å². The monoisotopic (exact) mass is 599 g/mol. The van der Waals surface area contributed by atoms with E-state index < -0.39 is 53.8 Å². The molecule has 4 heterocycles. The molecule has 2 N–H and O–H groups in total. The van der Waals surface area contributed by atoms with Gasteiger partial charge in [-0.05, 0) is 31.5 Å². The van der Waals surface area contributed by atoms with Gasteiger partial charge in [-0.25, -0.2) is 22.8 Å². The zero-order valence-corrected chi connectivity index (χ0v) is 22.7. The Hall–Kier alpha value is -2.75. The van der Waals surface area contributed by atoms with E-state index in [4.69, 9.17) is 21.1 Å². The molecule has 1 aromatic carbocycles. The Morgan fingerprint density at radius 2 is 1.98 bits per heavy atom. The predicted octanol–water partition coefficient (Wildman–Crippen LogP) is 3.07. The molecule has 5 unspecified atom stereocenters. The van der Waals surface area contributed by atoms with Gasteiger partial charge in [0.05, 0.1) is 17.8 Å². The molecule has 10 nitrogen and oxygen atoms in total. The minimum atomic E-state index is -1.61. The van der Waals surface area contributed by atoms with Crippen molar-refractivity contribution in [2.75, 3.05) is 26.3 Å². The van der Waals surface area contributed by atoms with Crippen molar-refractivity contribution in [3.8, 4) is 11.3 Å². The predicted molar refractivity (Wildman–Crippen MR) is 137 cm³/mol. The number of hydrogen-bond donors (Lipinski definition) is 2. The van der Waals surface area contributed by atoms with Gasteiger partial charge in [0, 0.05) is 36.4 Å². The zero-order valence-electron chi connectivity index (χ0n) is 21.1. The summed E-state index contributed by atoms with van der Waals surface area (Å²) >= 11 is 7.30. The lowest BCUT2D eigenvalue weighted by Gasteiger charge is -2.43. The fraction of sp³-hybridized carbons (Fsp3) is 0.440. The molecule has 0 bridgehead atoms. The first-order valence-electron chi connectivity index (χ1n) is 12.5. The van der Waals surface area contributed by atoms with Crippen molar-refractivity contribution >= 4 is 29.3 Å². The Balaban J connectivity index is 1.49. The third-order valence-corrected chi connectivity index (χ3v) is 8.07. The quantitative estimate of drug-likeness (QED) is 0.376. The number of thioether (sulfide) groups is 1. The van der Waals surface area contributed by atoms with Crippen LogP contribution in [0.15, 0.2) is 35.5 Å². The molecule has 2 aliphatic heterocycles. The van der Waals surface area contributed by atoms with Crippen LogP contribution in [0.25, 0.3) is 11.3 Å². The van der Waals surface area contributed by atoms with E-state index in [1.807, 2.05) is 0 Å². The summed E-state index contributed by atoms with van der Waals surface area (Å²) in [7, 11) is 0. The van der Waals surface area contributed by atoms with E-state index in [2.05, 4.69) is 15.3 Å². The molecular weight excluding hydrogens is 575 g/mol. The van der Waals surface area contributed by atoms with E-state index in [9.17, 15) is 28.2 Å². The molecule has 2 saturated heterocycles. The average molecular weight is 600 g/mol. The normalized spacial score (nSPS) is 24.7. The van der Waals surface area contributed by atoms with Gasteiger partial charge < -0.3 is 24.6 Å². The number of benzene rings is 1. The fourth-order valence-corrected chi connectivity index (χ4v) is 6.04. The van der Waals surface area contributed by atoms with Crippen molar-refractivity contribution in [1.29, 1.82) is 0 Å². The van der Waals surface area contributed by atoms with Gasteiger partial charge in [-0.1, -0.05) is 28.6 Å². The highest BCUT2D eigenvalue weighted by molar-refractivity contribution is 8.00. The highest BCUT2D eigenvalue weighted by atomic mass is 35.5. The number of halogens is 4. The Labute approximate surface area is 236 Å². The maximum Gasteiger partial charge on any atom is 0.273 e. The molecule has 214 valence electrons. The fourth-order valence-electron chi connectivity index (χ4n) is 4.55. The lowest BCUT2D eigenvalue weighted by molar-refractivity contribution is -0.191. The third kappa shape index (κ3) is 5.56. The van der Waals surface area contributed by atoms with Gasteiger partial charge in [-0.2, -0.15) is 0 Å². The number of rotatable bonds is 8. The molecular formula is C25H25ClF3N5O5S. The molecule has 2 aliphatic rings. The van der Waals surface area contributed by atoms with Crippen molar-refractivity contribution in [1.82, 2.24) is 24.9 Å². The van der Waals surface area contributed by atoms with Gasteiger partial charge in [-0.15, -0.1) is 5.10 Å². The zero-order chi connectivity index (χ0) is 28.6. The van der Waals surface area contributed by atoms with Crippen LogP contribution in [0.2, 0.25) is 5.02 Å². The Morgan fingerprint density at radius 1 is 1.25 bits per heavy atom. The smallest absolute Gasteiger partial charge is 0.273 e. The van der Waals surface area contributed by atoms with E-state index in [0.717, 1.165) is 30.3 Å². The number of carbonyl (C=O) groups excluding carboxylic acids is 1. The van der Waals surface area contributed by atoms with Crippen molar-refractivity contribution in [2.45, 2.75) is 48.0 Å². The number of aliphatic hydroxyl groups excluding tert-OH is 2. The number of ether oxygens (including phenoxy) is 2.